The summed E-state index contributed by atoms with van der Waals surface area (Å²) in [4.78, 5) is 15.8. The van der Waals surface area contributed by atoms with Crippen LogP contribution in [-0.2, 0) is 4.74 Å². The Morgan fingerprint density at radius 1 is 1.45 bits per heavy atom. The van der Waals surface area contributed by atoms with Gasteiger partial charge in [-0.2, -0.15) is 0 Å². The molecule has 0 aliphatic rings. The van der Waals surface area contributed by atoms with E-state index in [2.05, 4.69) is 10.3 Å². The van der Waals surface area contributed by atoms with Crippen LogP contribution in [0, 0.1) is 0 Å². The average Bonchev–Trinajstić information content (AvgIpc) is 2.40. The van der Waals surface area contributed by atoms with Crippen LogP contribution in [-0.4, -0.2) is 41.9 Å². The molecule has 0 bridgehead atoms. The van der Waals surface area contributed by atoms with E-state index in [0.29, 0.717) is 13.0 Å². The molecule has 1 unspecified atom stereocenters. The SMILES string of the molecule is COCCC(C)(O)CNC(=O)c1ncc(Cl)c(Cl)c1Cl. The molecule has 1 amide bonds. The first-order valence-electron chi connectivity index (χ1n) is 5.77. The number of carbonyl (C=O) groups is 1. The number of halogens is 3. The number of hydrogen-bond acceptors (Lipinski definition) is 4. The number of aliphatic hydroxyl groups is 1. The number of aromatic nitrogens is 1. The minimum Gasteiger partial charge on any atom is -0.388 e. The van der Waals surface area contributed by atoms with E-state index in [1.165, 1.54) is 13.3 Å². The van der Waals surface area contributed by atoms with Crippen LogP contribution in [0.1, 0.15) is 23.8 Å². The summed E-state index contributed by atoms with van der Waals surface area (Å²) in [6.45, 7) is 2.01. The lowest BCUT2D eigenvalue weighted by Crippen LogP contribution is -2.41. The van der Waals surface area contributed by atoms with E-state index < -0.39 is 11.5 Å². The van der Waals surface area contributed by atoms with Crippen molar-refractivity contribution in [2.24, 2.45) is 0 Å². The second-order valence-electron chi connectivity index (χ2n) is 4.51. The zero-order valence-corrected chi connectivity index (χ0v) is 13.3. The average molecular weight is 342 g/mol. The summed E-state index contributed by atoms with van der Waals surface area (Å²) in [7, 11) is 1.54. The number of ether oxygens (including phenoxy) is 1. The van der Waals surface area contributed by atoms with Gasteiger partial charge in [-0.05, 0) is 6.92 Å². The highest BCUT2D eigenvalue weighted by molar-refractivity contribution is 6.48. The molecule has 1 atom stereocenters. The quantitative estimate of drug-likeness (QED) is 0.834. The number of hydrogen-bond donors (Lipinski definition) is 2. The molecule has 1 rings (SSSR count). The molecule has 0 spiro atoms. The smallest absolute Gasteiger partial charge is 0.271 e. The van der Waals surface area contributed by atoms with Crippen LogP contribution in [0.3, 0.4) is 0 Å². The molecule has 0 aromatic carbocycles. The molecule has 0 aliphatic heterocycles. The van der Waals surface area contributed by atoms with Gasteiger partial charge in [-0.25, -0.2) is 4.98 Å². The Kier molecular flexibility index (Phi) is 6.48. The van der Waals surface area contributed by atoms with Crippen LogP contribution in [0.15, 0.2) is 6.20 Å². The summed E-state index contributed by atoms with van der Waals surface area (Å²) in [5, 5.41) is 12.8. The Labute approximate surface area is 132 Å². The molecule has 1 aromatic rings. The first-order chi connectivity index (χ1) is 9.28. The number of nitrogens with zero attached hydrogens (tertiary/aromatic N) is 1. The molecule has 0 saturated heterocycles. The largest absolute Gasteiger partial charge is 0.388 e. The summed E-state index contributed by atoms with van der Waals surface area (Å²) in [6, 6.07) is 0. The van der Waals surface area contributed by atoms with Gasteiger partial charge in [-0.3, -0.25) is 4.79 Å². The molecule has 2 N–H and O–H groups in total. The van der Waals surface area contributed by atoms with E-state index >= 15 is 0 Å². The maximum absolute atomic E-state index is 11.9. The minimum absolute atomic E-state index is 0.0202. The number of pyridine rings is 1. The third-order valence-corrected chi connectivity index (χ3v) is 3.85. The zero-order valence-electron chi connectivity index (χ0n) is 11.0. The van der Waals surface area contributed by atoms with Gasteiger partial charge in [0.15, 0.2) is 0 Å². The predicted molar refractivity (Wildman–Crippen MR) is 78.7 cm³/mol. The Bertz CT molecular complexity index is 495. The molecule has 1 heterocycles. The fourth-order valence-electron chi connectivity index (χ4n) is 1.37. The summed E-state index contributed by atoms with van der Waals surface area (Å²) in [5.74, 6) is -0.536. The summed E-state index contributed by atoms with van der Waals surface area (Å²) in [6.07, 6.45) is 1.63. The number of rotatable bonds is 6. The van der Waals surface area contributed by atoms with Gasteiger partial charge in [0.05, 0.1) is 20.7 Å². The highest BCUT2D eigenvalue weighted by atomic mass is 35.5. The van der Waals surface area contributed by atoms with Crippen molar-refractivity contribution < 1.29 is 14.6 Å². The van der Waals surface area contributed by atoms with E-state index in [9.17, 15) is 9.90 Å². The van der Waals surface area contributed by atoms with Crippen LogP contribution in [0.5, 0.6) is 0 Å². The van der Waals surface area contributed by atoms with Gasteiger partial charge >= 0.3 is 0 Å². The van der Waals surface area contributed by atoms with Gasteiger partial charge in [-0.1, -0.05) is 34.8 Å². The Morgan fingerprint density at radius 2 is 2.10 bits per heavy atom. The molecular weight excluding hydrogens is 327 g/mol. The second kappa shape index (κ2) is 7.43. The lowest BCUT2D eigenvalue weighted by atomic mass is 10.0. The lowest BCUT2D eigenvalue weighted by molar-refractivity contribution is 0.0243. The minimum atomic E-state index is -1.09. The fourth-order valence-corrected chi connectivity index (χ4v) is 1.93. The van der Waals surface area contributed by atoms with Crippen LogP contribution in [0.4, 0.5) is 0 Å². The number of amides is 1. The number of carbonyl (C=O) groups excluding carboxylic acids is 1. The highest BCUT2D eigenvalue weighted by Crippen LogP contribution is 2.30. The Hall–Kier alpha value is -0.590. The molecular formula is C12H15Cl3N2O3. The van der Waals surface area contributed by atoms with E-state index in [-0.39, 0.29) is 27.3 Å². The topological polar surface area (TPSA) is 71.5 Å². The molecule has 0 fully saturated rings. The monoisotopic (exact) mass is 340 g/mol. The van der Waals surface area contributed by atoms with E-state index in [1.807, 2.05) is 0 Å². The highest BCUT2D eigenvalue weighted by Gasteiger charge is 2.23. The van der Waals surface area contributed by atoms with E-state index in [0.717, 1.165) is 0 Å². The third kappa shape index (κ3) is 4.75. The first kappa shape index (κ1) is 17.5. The Morgan fingerprint density at radius 3 is 2.70 bits per heavy atom. The van der Waals surface area contributed by atoms with Gasteiger partial charge in [0.2, 0.25) is 0 Å². The van der Waals surface area contributed by atoms with Crippen molar-refractivity contribution in [2.45, 2.75) is 18.9 Å². The fraction of sp³-hybridized carbons (Fsp3) is 0.500. The van der Waals surface area contributed by atoms with Gasteiger partial charge < -0.3 is 15.2 Å². The number of nitrogens with one attached hydrogen (secondary N) is 1. The molecule has 112 valence electrons. The van der Waals surface area contributed by atoms with Crippen molar-refractivity contribution >= 4 is 40.7 Å². The molecule has 0 saturated carbocycles. The molecule has 1 aromatic heterocycles. The van der Waals surface area contributed by atoms with Crippen molar-refractivity contribution in [3.8, 4) is 0 Å². The molecule has 0 radical (unpaired) electrons. The van der Waals surface area contributed by atoms with Gasteiger partial charge in [-0.15, -0.1) is 0 Å². The first-order valence-corrected chi connectivity index (χ1v) is 6.91. The maximum atomic E-state index is 11.9. The third-order valence-electron chi connectivity index (χ3n) is 2.61. The van der Waals surface area contributed by atoms with Gasteiger partial charge in [0, 0.05) is 32.9 Å². The van der Waals surface area contributed by atoms with Gasteiger partial charge in [0.25, 0.3) is 5.91 Å². The second-order valence-corrected chi connectivity index (χ2v) is 5.67. The van der Waals surface area contributed by atoms with E-state index in [1.54, 1.807) is 6.92 Å². The van der Waals surface area contributed by atoms with Crippen LogP contribution < -0.4 is 5.32 Å². The molecule has 0 aliphatic carbocycles. The molecule has 20 heavy (non-hydrogen) atoms. The van der Waals surface area contributed by atoms with Crippen molar-refractivity contribution in [3.63, 3.8) is 0 Å². The summed E-state index contributed by atoms with van der Waals surface area (Å²) in [5.41, 5.74) is -1.13. The predicted octanol–water partition coefficient (Wildman–Crippen LogP) is 2.56. The van der Waals surface area contributed by atoms with Gasteiger partial charge in [0.1, 0.15) is 5.69 Å². The summed E-state index contributed by atoms with van der Waals surface area (Å²) >= 11 is 17.5. The molecule has 5 nitrogen and oxygen atoms in total. The van der Waals surface area contributed by atoms with Crippen molar-refractivity contribution in [1.29, 1.82) is 0 Å². The maximum Gasteiger partial charge on any atom is 0.271 e. The van der Waals surface area contributed by atoms with Crippen LogP contribution >= 0.6 is 34.8 Å². The van der Waals surface area contributed by atoms with E-state index in [4.69, 9.17) is 39.5 Å². The lowest BCUT2D eigenvalue weighted by Gasteiger charge is -2.23. The van der Waals surface area contributed by atoms with Crippen LogP contribution in [0.2, 0.25) is 15.1 Å². The van der Waals surface area contributed by atoms with Crippen LogP contribution in [0.25, 0.3) is 0 Å². The van der Waals surface area contributed by atoms with Crippen molar-refractivity contribution in [3.05, 3.63) is 27.0 Å². The normalized spacial score (nSPS) is 13.9. The zero-order chi connectivity index (χ0) is 15.3. The standard InChI is InChI=1S/C12H15Cl3N2O3/c1-12(19,3-4-20-2)6-17-11(18)10-9(15)8(14)7(13)5-16-10/h5,19H,3-4,6H2,1-2H3,(H,17,18). The molecule has 8 heteroatoms. The Balaban J connectivity index is 2.71. The van der Waals surface area contributed by atoms with Crippen molar-refractivity contribution in [1.82, 2.24) is 10.3 Å². The van der Waals surface area contributed by atoms with Crippen molar-refractivity contribution in [2.75, 3.05) is 20.3 Å². The number of methoxy groups -OCH3 is 1. The summed E-state index contributed by atoms with van der Waals surface area (Å²) < 4.78 is 4.88.